The van der Waals surface area contributed by atoms with Crippen molar-refractivity contribution in [3.63, 3.8) is 0 Å². The average molecular weight is 217 g/mol. The minimum atomic E-state index is 0.0244. The number of thiophene rings is 1. The molecule has 0 aliphatic carbocycles. The average Bonchev–Trinajstić information content (AvgIpc) is 2.60. The van der Waals surface area contributed by atoms with E-state index in [2.05, 4.69) is 31.4 Å². The van der Waals surface area contributed by atoms with E-state index in [4.69, 9.17) is 0 Å². The zero-order valence-electron chi connectivity index (χ0n) is 8.83. The zero-order valence-corrected chi connectivity index (χ0v) is 9.65. The smallest absolute Gasteiger partial charge is 0.261 e. The molecule has 0 bridgehead atoms. The fourth-order valence-corrected chi connectivity index (χ4v) is 2.58. The molecular weight excluding hydrogens is 205 g/mol. The van der Waals surface area contributed by atoms with E-state index in [-0.39, 0.29) is 5.91 Å². The van der Waals surface area contributed by atoms with Crippen molar-refractivity contribution in [2.24, 2.45) is 0 Å². The monoisotopic (exact) mass is 217 g/mol. The topological polar surface area (TPSA) is 29.1 Å². The minimum absolute atomic E-state index is 0.0244. The Morgan fingerprint density at radius 3 is 3.00 bits per heavy atom. The highest BCUT2D eigenvalue weighted by Gasteiger charge is 2.08. The van der Waals surface area contributed by atoms with Crippen LogP contribution in [0.25, 0.3) is 10.1 Å². The summed E-state index contributed by atoms with van der Waals surface area (Å²) in [4.78, 5) is 12.4. The first-order valence-corrected chi connectivity index (χ1v) is 5.80. The first kappa shape index (κ1) is 10.2. The van der Waals surface area contributed by atoms with Gasteiger partial charge in [-0.2, -0.15) is 0 Å². The summed E-state index contributed by atoms with van der Waals surface area (Å²) < 4.78 is 1.18. The summed E-state index contributed by atoms with van der Waals surface area (Å²) in [5.74, 6) is 0.0244. The molecule has 0 saturated carbocycles. The van der Waals surface area contributed by atoms with Crippen molar-refractivity contribution in [2.45, 2.75) is 6.92 Å². The summed E-state index contributed by atoms with van der Waals surface area (Å²) in [6, 6.07) is 8.19. The molecule has 2 aromatic rings. The Balaban J connectivity index is 2.42. The van der Waals surface area contributed by atoms with Crippen molar-refractivity contribution < 1.29 is 4.79 Å². The zero-order chi connectivity index (χ0) is 10.8. The third-order valence-corrected chi connectivity index (χ3v) is 3.33. The van der Waals surface area contributed by atoms with Crippen LogP contribution in [0.3, 0.4) is 0 Å². The normalized spacial score (nSPS) is 10.5. The van der Waals surface area contributed by atoms with Crippen molar-refractivity contribution >= 4 is 40.6 Å². The number of amides is 1. The molecule has 2 nitrogen and oxygen atoms in total. The van der Waals surface area contributed by atoms with Gasteiger partial charge >= 0.3 is 0 Å². The summed E-state index contributed by atoms with van der Waals surface area (Å²) in [7, 11) is 2.06. The highest BCUT2D eigenvalue weighted by molar-refractivity contribution is 7.20. The van der Waals surface area contributed by atoms with Crippen LogP contribution in [0.5, 0.6) is 0 Å². The third kappa shape index (κ3) is 2.05. The van der Waals surface area contributed by atoms with Gasteiger partial charge in [0.2, 0.25) is 0 Å². The van der Waals surface area contributed by atoms with Crippen LogP contribution >= 0.6 is 11.3 Å². The molecule has 1 amide bonds. The summed E-state index contributed by atoms with van der Waals surface area (Å²) >= 11 is 1.55. The predicted octanol–water partition coefficient (Wildman–Crippen LogP) is 0.909. The van der Waals surface area contributed by atoms with Crippen LogP contribution in [0, 0.1) is 0 Å². The summed E-state index contributed by atoms with van der Waals surface area (Å²) in [5.41, 5.74) is 1.23. The maximum atomic E-state index is 11.6. The number of carbonyl (C=O) groups excluding carboxylic acids is 1. The van der Waals surface area contributed by atoms with Crippen molar-refractivity contribution in [1.29, 1.82) is 0 Å². The molecule has 76 valence electrons. The lowest BCUT2D eigenvalue weighted by atomic mass is 9.96. The Bertz CT molecular complexity index is 506. The van der Waals surface area contributed by atoms with Crippen LogP contribution in [-0.4, -0.2) is 20.3 Å². The van der Waals surface area contributed by atoms with Gasteiger partial charge in [-0.15, -0.1) is 11.3 Å². The van der Waals surface area contributed by atoms with Gasteiger partial charge in [0.25, 0.3) is 5.91 Å². The number of rotatable bonds is 2. The Morgan fingerprint density at radius 2 is 2.27 bits per heavy atom. The quantitative estimate of drug-likeness (QED) is 0.744. The SMILES string of the molecule is Bc1ccc2cc(C(=O)NCC)sc2c1. The fraction of sp³-hybridized carbons (Fsp3) is 0.182. The standard InChI is InChI=1S/C11H12BNOS/c1-2-13-11(14)10-5-7-3-4-8(12)6-9(7)15-10/h3-6H,2,12H2,1H3,(H,13,14). The second kappa shape index (κ2) is 4.07. The van der Waals surface area contributed by atoms with Gasteiger partial charge in [-0.05, 0) is 18.4 Å². The second-order valence-corrected chi connectivity index (χ2v) is 4.60. The molecule has 0 saturated heterocycles. The number of hydrogen-bond donors (Lipinski definition) is 1. The van der Waals surface area contributed by atoms with E-state index in [0.29, 0.717) is 6.54 Å². The van der Waals surface area contributed by atoms with Gasteiger partial charge in [0.1, 0.15) is 7.85 Å². The van der Waals surface area contributed by atoms with Crippen LogP contribution in [0.2, 0.25) is 0 Å². The molecule has 0 spiro atoms. The van der Waals surface area contributed by atoms with Gasteiger partial charge in [0.15, 0.2) is 0 Å². The fourth-order valence-electron chi connectivity index (χ4n) is 1.50. The first-order chi connectivity index (χ1) is 7.20. The summed E-state index contributed by atoms with van der Waals surface area (Å²) in [5, 5.41) is 3.95. The number of hydrogen-bond acceptors (Lipinski definition) is 2. The Morgan fingerprint density at radius 1 is 1.47 bits per heavy atom. The van der Waals surface area contributed by atoms with Crippen LogP contribution in [0.15, 0.2) is 24.3 Å². The summed E-state index contributed by atoms with van der Waals surface area (Å²) in [6.07, 6.45) is 0. The van der Waals surface area contributed by atoms with E-state index in [9.17, 15) is 4.79 Å². The molecule has 0 aliphatic rings. The minimum Gasteiger partial charge on any atom is -0.352 e. The van der Waals surface area contributed by atoms with E-state index in [1.165, 1.54) is 10.2 Å². The van der Waals surface area contributed by atoms with Gasteiger partial charge < -0.3 is 5.32 Å². The van der Waals surface area contributed by atoms with E-state index < -0.39 is 0 Å². The molecule has 0 atom stereocenters. The van der Waals surface area contributed by atoms with Gasteiger partial charge in [0.05, 0.1) is 4.88 Å². The summed E-state index contributed by atoms with van der Waals surface area (Å²) in [6.45, 7) is 2.60. The molecule has 1 heterocycles. The molecule has 0 aliphatic heterocycles. The second-order valence-electron chi connectivity index (χ2n) is 3.51. The molecule has 0 unspecified atom stereocenters. The van der Waals surface area contributed by atoms with Gasteiger partial charge in [0, 0.05) is 11.2 Å². The number of carbonyl (C=O) groups is 1. The van der Waals surface area contributed by atoms with E-state index >= 15 is 0 Å². The molecule has 1 aromatic heterocycles. The van der Waals surface area contributed by atoms with Crippen LogP contribution in [-0.2, 0) is 0 Å². The lowest BCUT2D eigenvalue weighted by Crippen LogP contribution is -2.21. The molecule has 0 radical (unpaired) electrons. The Kier molecular flexibility index (Phi) is 2.78. The predicted molar refractivity (Wildman–Crippen MR) is 68.0 cm³/mol. The van der Waals surface area contributed by atoms with Crippen molar-refractivity contribution in [1.82, 2.24) is 5.32 Å². The van der Waals surface area contributed by atoms with Crippen LogP contribution < -0.4 is 10.8 Å². The van der Waals surface area contributed by atoms with Gasteiger partial charge in [-0.1, -0.05) is 23.7 Å². The lowest BCUT2D eigenvalue weighted by molar-refractivity contribution is 0.0960. The third-order valence-electron chi connectivity index (χ3n) is 2.24. The molecule has 4 heteroatoms. The molecular formula is C11H12BNOS. The van der Waals surface area contributed by atoms with Gasteiger partial charge in [-0.25, -0.2) is 0 Å². The maximum Gasteiger partial charge on any atom is 0.261 e. The van der Waals surface area contributed by atoms with Crippen LogP contribution in [0.1, 0.15) is 16.6 Å². The van der Waals surface area contributed by atoms with E-state index in [1.807, 2.05) is 13.0 Å². The molecule has 1 aromatic carbocycles. The Labute approximate surface area is 93.7 Å². The number of benzene rings is 1. The molecule has 2 rings (SSSR count). The van der Waals surface area contributed by atoms with Crippen molar-refractivity contribution in [3.8, 4) is 0 Å². The largest absolute Gasteiger partial charge is 0.352 e. The van der Waals surface area contributed by atoms with Gasteiger partial charge in [-0.3, -0.25) is 4.79 Å². The lowest BCUT2D eigenvalue weighted by Gasteiger charge is -1.96. The number of nitrogens with one attached hydrogen (secondary N) is 1. The highest BCUT2D eigenvalue weighted by Crippen LogP contribution is 2.24. The molecule has 0 fully saturated rings. The van der Waals surface area contributed by atoms with Crippen LogP contribution in [0.4, 0.5) is 0 Å². The first-order valence-electron chi connectivity index (χ1n) is 4.99. The highest BCUT2D eigenvalue weighted by atomic mass is 32.1. The number of fused-ring (bicyclic) bond motifs is 1. The van der Waals surface area contributed by atoms with Crippen molar-refractivity contribution in [2.75, 3.05) is 6.54 Å². The van der Waals surface area contributed by atoms with E-state index in [0.717, 1.165) is 10.3 Å². The van der Waals surface area contributed by atoms with Crippen molar-refractivity contribution in [3.05, 3.63) is 29.1 Å². The van der Waals surface area contributed by atoms with E-state index in [1.54, 1.807) is 11.3 Å². The Hall–Kier alpha value is -1.29. The molecule has 15 heavy (non-hydrogen) atoms. The molecule has 1 N–H and O–H groups in total. The maximum absolute atomic E-state index is 11.6.